The van der Waals surface area contributed by atoms with E-state index >= 15 is 0 Å². The molecule has 3 rings (SSSR count). The summed E-state index contributed by atoms with van der Waals surface area (Å²) in [7, 11) is 2.09. The average Bonchev–Trinajstić information content (AvgIpc) is 3.04. The predicted octanol–water partition coefficient (Wildman–Crippen LogP) is 1.26. The number of hydrogen-bond acceptors (Lipinski definition) is 6. The molecule has 2 fully saturated rings. The molecule has 0 spiro atoms. The third kappa shape index (κ3) is 2.31. The van der Waals surface area contributed by atoms with Gasteiger partial charge >= 0.3 is 0 Å². The fourth-order valence-corrected chi connectivity index (χ4v) is 3.26. The Bertz CT molecular complexity index is 489. The van der Waals surface area contributed by atoms with E-state index in [1.165, 1.54) is 25.7 Å². The smallest absolute Gasteiger partial charge is 0.225 e. The van der Waals surface area contributed by atoms with Crippen LogP contribution in [-0.2, 0) is 4.79 Å². The highest BCUT2D eigenvalue weighted by Gasteiger charge is 2.42. The Balaban J connectivity index is 1.79. The van der Waals surface area contributed by atoms with Crippen molar-refractivity contribution in [2.45, 2.75) is 57.3 Å². The highest BCUT2D eigenvalue weighted by atomic mass is 16.6. The maximum absolute atomic E-state index is 11.5. The largest absolute Gasteiger partial charge is 0.306 e. The van der Waals surface area contributed by atoms with Crippen LogP contribution in [0.25, 0.3) is 0 Å². The lowest BCUT2D eigenvalue weighted by atomic mass is 9.91. The van der Waals surface area contributed by atoms with Crippen LogP contribution >= 0.6 is 0 Å². The molecular weight excluding hydrogens is 258 g/mol. The SMILES string of the molecule is CCC(=O)Nc1nonc1C1NC2CCCCC2N1C. The van der Waals surface area contributed by atoms with Crippen LogP contribution in [0.3, 0.4) is 0 Å². The second-order valence-electron chi connectivity index (χ2n) is 5.59. The second kappa shape index (κ2) is 5.49. The second-order valence-corrected chi connectivity index (χ2v) is 5.59. The van der Waals surface area contributed by atoms with Crippen molar-refractivity contribution in [3.63, 3.8) is 0 Å². The zero-order valence-electron chi connectivity index (χ0n) is 11.9. The van der Waals surface area contributed by atoms with Crippen molar-refractivity contribution in [2.24, 2.45) is 0 Å². The minimum absolute atomic E-state index is 0.0403. The number of anilines is 1. The molecule has 1 aromatic rings. The maximum Gasteiger partial charge on any atom is 0.225 e. The minimum Gasteiger partial charge on any atom is -0.306 e. The van der Waals surface area contributed by atoms with E-state index in [1.54, 1.807) is 6.92 Å². The molecule has 1 aliphatic heterocycles. The summed E-state index contributed by atoms with van der Waals surface area (Å²) in [5.41, 5.74) is 0.670. The van der Waals surface area contributed by atoms with E-state index in [0.717, 1.165) is 0 Å². The van der Waals surface area contributed by atoms with Crippen LogP contribution in [0.2, 0.25) is 0 Å². The van der Waals surface area contributed by atoms with Crippen LogP contribution in [-0.4, -0.2) is 40.3 Å². The Hall–Kier alpha value is -1.47. The van der Waals surface area contributed by atoms with Gasteiger partial charge in [0.2, 0.25) is 11.7 Å². The predicted molar refractivity (Wildman–Crippen MR) is 72.9 cm³/mol. The summed E-state index contributed by atoms with van der Waals surface area (Å²) in [6.07, 6.45) is 5.30. The summed E-state index contributed by atoms with van der Waals surface area (Å²) in [4.78, 5) is 13.8. The molecule has 20 heavy (non-hydrogen) atoms. The number of carbonyl (C=O) groups is 1. The van der Waals surface area contributed by atoms with Gasteiger partial charge in [-0.1, -0.05) is 19.8 Å². The summed E-state index contributed by atoms with van der Waals surface area (Å²) in [6.45, 7) is 1.80. The minimum atomic E-state index is -0.0833. The number of hydrogen-bond donors (Lipinski definition) is 2. The van der Waals surface area contributed by atoms with Gasteiger partial charge in [0.1, 0.15) is 6.17 Å². The first-order valence-corrected chi connectivity index (χ1v) is 7.31. The first kappa shape index (κ1) is 13.5. The first-order chi connectivity index (χ1) is 9.70. The van der Waals surface area contributed by atoms with Crippen LogP contribution in [0.15, 0.2) is 4.63 Å². The number of carbonyl (C=O) groups excluding carboxylic acids is 1. The van der Waals surface area contributed by atoms with Gasteiger partial charge in [-0.05, 0) is 30.2 Å². The molecule has 7 nitrogen and oxygen atoms in total. The number of amides is 1. The van der Waals surface area contributed by atoms with Crippen molar-refractivity contribution in [1.29, 1.82) is 0 Å². The lowest BCUT2D eigenvalue weighted by Crippen LogP contribution is -2.36. The first-order valence-electron chi connectivity index (χ1n) is 7.31. The molecule has 0 bridgehead atoms. The van der Waals surface area contributed by atoms with E-state index < -0.39 is 0 Å². The molecule has 3 atom stereocenters. The summed E-state index contributed by atoms with van der Waals surface area (Å²) < 4.78 is 4.82. The molecule has 2 N–H and O–H groups in total. The molecule has 110 valence electrons. The van der Waals surface area contributed by atoms with Gasteiger partial charge in [0.05, 0.1) is 0 Å². The molecule has 1 saturated carbocycles. The maximum atomic E-state index is 11.5. The van der Waals surface area contributed by atoms with Crippen molar-refractivity contribution < 1.29 is 9.42 Å². The fourth-order valence-electron chi connectivity index (χ4n) is 3.26. The number of rotatable bonds is 3. The van der Waals surface area contributed by atoms with Gasteiger partial charge in [-0.2, -0.15) is 0 Å². The Morgan fingerprint density at radius 1 is 1.45 bits per heavy atom. The summed E-state index contributed by atoms with van der Waals surface area (Å²) in [6, 6.07) is 1.02. The molecule has 1 saturated heterocycles. The van der Waals surface area contributed by atoms with Gasteiger partial charge in [-0.3, -0.25) is 15.0 Å². The standard InChI is InChI=1S/C13H21N5O2/c1-3-10(19)15-12-11(16-20-17-12)13-14-8-6-4-5-7-9(8)18(13)2/h8-9,13-14H,3-7H2,1-2H3,(H,15,17,19). The highest BCUT2D eigenvalue weighted by molar-refractivity contribution is 5.89. The zero-order valence-corrected chi connectivity index (χ0v) is 11.9. The van der Waals surface area contributed by atoms with E-state index in [0.29, 0.717) is 30.0 Å². The molecule has 7 heteroatoms. The monoisotopic (exact) mass is 279 g/mol. The molecule has 1 aromatic heterocycles. The Labute approximate surface area is 118 Å². The van der Waals surface area contributed by atoms with Crippen molar-refractivity contribution >= 4 is 11.7 Å². The summed E-state index contributed by atoms with van der Waals surface area (Å²) in [5, 5.41) is 14.1. The van der Waals surface area contributed by atoms with Gasteiger partial charge in [0, 0.05) is 18.5 Å². The lowest BCUT2D eigenvalue weighted by molar-refractivity contribution is -0.115. The summed E-state index contributed by atoms with van der Waals surface area (Å²) in [5.74, 6) is 0.347. The third-order valence-electron chi connectivity index (χ3n) is 4.38. The Morgan fingerprint density at radius 3 is 3.00 bits per heavy atom. The number of nitrogens with one attached hydrogen (secondary N) is 2. The van der Waals surface area contributed by atoms with E-state index in [1.807, 2.05) is 0 Å². The van der Waals surface area contributed by atoms with Gasteiger partial charge in [0.15, 0.2) is 5.69 Å². The quantitative estimate of drug-likeness (QED) is 0.866. The van der Waals surface area contributed by atoms with Gasteiger partial charge < -0.3 is 5.32 Å². The molecule has 2 heterocycles. The molecule has 2 aliphatic rings. The average molecular weight is 279 g/mol. The lowest BCUT2D eigenvalue weighted by Gasteiger charge is -2.28. The number of aromatic nitrogens is 2. The number of likely N-dealkylation sites (N-methyl/N-ethyl adjacent to an activating group) is 1. The highest BCUT2D eigenvalue weighted by Crippen LogP contribution is 2.36. The van der Waals surface area contributed by atoms with Crippen LogP contribution in [0.1, 0.15) is 50.9 Å². The molecule has 3 unspecified atom stereocenters. The third-order valence-corrected chi connectivity index (χ3v) is 4.38. The van der Waals surface area contributed by atoms with E-state index in [-0.39, 0.29) is 12.1 Å². The van der Waals surface area contributed by atoms with E-state index in [4.69, 9.17) is 4.63 Å². The van der Waals surface area contributed by atoms with Crippen LogP contribution < -0.4 is 10.6 Å². The van der Waals surface area contributed by atoms with Gasteiger partial charge in [0.25, 0.3) is 0 Å². The Morgan fingerprint density at radius 2 is 2.25 bits per heavy atom. The molecule has 0 radical (unpaired) electrons. The summed E-state index contributed by atoms with van der Waals surface area (Å²) >= 11 is 0. The van der Waals surface area contributed by atoms with Gasteiger partial charge in [-0.25, -0.2) is 4.63 Å². The zero-order chi connectivity index (χ0) is 14.1. The number of nitrogens with zero attached hydrogens (tertiary/aromatic N) is 3. The van der Waals surface area contributed by atoms with Gasteiger partial charge in [-0.15, -0.1) is 0 Å². The van der Waals surface area contributed by atoms with Crippen molar-refractivity contribution in [3.05, 3.63) is 5.69 Å². The van der Waals surface area contributed by atoms with Crippen LogP contribution in [0.4, 0.5) is 5.82 Å². The Kier molecular flexibility index (Phi) is 3.71. The molecular formula is C13H21N5O2. The van der Waals surface area contributed by atoms with Crippen LogP contribution in [0.5, 0.6) is 0 Å². The van der Waals surface area contributed by atoms with Crippen molar-refractivity contribution in [1.82, 2.24) is 20.5 Å². The van der Waals surface area contributed by atoms with E-state index in [2.05, 4.69) is 32.9 Å². The normalized spacial score (nSPS) is 30.2. The van der Waals surface area contributed by atoms with Crippen molar-refractivity contribution in [3.8, 4) is 0 Å². The molecule has 1 amide bonds. The van der Waals surface area contributed by atoms with E-state index in [9.17, 15) is 4.79 Å². The van der Waals surface area contributed by atoms with Crippen molar-refractivity contribution in [2.75, 3.05) is 12.4 Å². The van der Waals surface area contributed by atoms with Crippen LogP contribution in [0, 0.1) is 0 Å². The molecule has 0 aromatic carbocycles. The number of fused-ring (bicyclic) bond motifs is 1. The molecule has 1 aliphatic carbocycles. The fraction of sp³-hybridized carbons (Fsp3) is 0.769. The topological polar surface area (TPSA) is 83.3 Å².